The number of fused-ring (bicyclic) bond motifs is 4. The summed E-state index contributed by atoms with van der Waals surface area (Å²) in [5.41, 5.74) is 6.46. The van der Waals surface area contributed by atoms with Gasteiger partial charge in [-0.3, -0.25) is 19.5 Å². The Hall–Kier alpha value is -4.64. The van der Waals surface area contributed by atoms with E-state index < -0.39 is 11.0 Å². The van der Waals surface area contributed by atoms with Crippen LogP contribution in [0.4, 0.5) is 5.69 Å². The van der Waals surface area contributed by atoms with Crippen molar-refractivity contribution in [1.82, 2.24) is 4.57 Å². The van der Waals surface area contributed by atoms with Crippen molar-refractivity contribution in [3.63, 3.8) is 0 Å². The number of thiazole rings is 1. The normalized spacial score (nSPS) is 15.5. The van der Waals surface area contributed by atoms with Gasteiger partial charge in [0.05, 0.1) is 30.1 Å². The van der Waals surface area contributed by atoms with E-state index in [2.05, 4.69) is 68.3 Å². The van der Waals surface area contributed by atoms with Gasteiger partial charge in [0.15, 0.2) is 4.80 Å². The molecule has 1 atom stereocenters. The van der Waals surface area contributed by atoms with Crippen molar-refractivity contribution in [3.8, 4) is 5.75 Å². The maximum Gasteiger partial charge on any atom is 0.271 e. The van der Waals surface area contributed by atoms with Crippen molar-refractivity contribution in [2.75, 3.05) is 0 Å². The van der Waals surface area contributed by atoms with E-state index in [9.17, 15) is 14.9 Å². The van der Waals surface area contributed by atoms with E-state index in [1.165, 1.54) is 23.0 Å². The van der Waals surface area contributed by atoms with E-state index in [0.29, 0.717) is 33.7 Å². The minimum Gasteiger partial charge on any atom is -0.487 e. The predicted octanol–water partition coefficient (Wildman–Crippen LogP) is 8.48. The minimum absolute atomic E-state index is 0.0116. The number of rotatable bonds is 6. The smallest absolute Gasteiger partial charge is 0.271 e. The number of nitrogens with zero attached hydrogens (tertiary/aromatic N) is 3. The maximum absolute atomic E-state index is 14.2. The molecular formula is C38H25Br2N3O4S. The largest absolute Gasteiger partial charge is 0.487 e. The maximum atomic E-state index is 14.2. The molecule has 0 radical (unpaired) electrons. The van der Waals surface area contributed by atoms with Crippen LogP contribution in [0.15, 0.2) is 127 Å². The van der Waals surface area contributed by atoms with Crippen LogP contribution >= 0.6 is 43.2 Å². The summed E-state index contributed by atoms with van der Waals surface area (Å²) in [7, 11) is 0. The van der Waals surface area contributed by atoms with Crippen LogP contribution in [-0.2, 0) is 13.0 Å². The first-order chi connectivity index (χ1) is 23.4. The molecule has 0 N–H and O–H groups in total. The van der Waals surface area contributed by atoms with E-state index >= 15 is 0 Å². The third-order valence-electron chi connectivity index (χ3n) is 8.84. The number of aryl methyl sites for hydroxylation is 1. The average Bonchev–Trinajstić information content (AvgIpc) is 3.40. The average molecular weight is 780 g/mol. The van der Waals surface area contributed by atoms with E-state index in [1.54, 1.807) is 16.7 Å². The zero-order valence-electron chi connectivity index (χ0n) is 25.2. The van der Waals surface area contributed by atoms with Crippen LogP contribution in [0.5, 0.6) is 5.75 Å². The second-order valence-corrected chi connectivity index (χ2v) is 14.4. The number of halogens is 2. The van der Waals surface area contributed by atoms with E-state index in [4.69, 9.17) is 9.73 Å². The van der Waals surface area contributed by atoms with Gasteiger partial charge >= 0.3 is 0 Å². The van der Waals surface area contributed by atoms with Gasteiger partial charge < -0.3 is 4.74 Å². The van der Waals surface area contributed by atoms with Crippen molar-refractivity contribution >= 4 is 71.4 Å². The topological polar surface area (TPSA) is 86.7 Å². The Labute approximate surface area is 295 Å². The molecular weight excluding hydrogens is 754 g/mol. The lowest BCUT2D eigenvalue weighted by atomic mass is 9.83. The van der Waals surface area contributed by atoms with Gasteiger partial charge in [0.25, 0.3) is 11.2 Å². The molecule has 10 heteroatoms. The molecule has 5 aromatic carbocycles. The van der Waals surface area contributed by atoms with Gasteiger partial charge in [-0.1, -0.05) is 90.2 Å². The summed E-state index contributed by atoms with van der Waals surface area (Å²) in [5, 5.41) is 14.0. The first-order valence-electron chi connectivity index (χ1n) is 15.3. The van der Waals surface area contributed by atoms with E-state index in [1.807, 2.05) is 54.6 Å². The van der Waals surface area contributed by atoms with Crippen LogP contribution in [0.3, 0.4) is 0 Å². The van der Waals surface area contributed by atoms with Crippen LogP contribution in [0.1, 0.15) is 40.3 Å². The highest BCUT2D eigenvalue weighted by molar-refractivity contribution is 9.11. The predicted molar refractivity (Wildman–Crippen MR) is 196 cm³/mol. The fourth-order valence-corrected chi connectivity index (χ4v) is 9.10. The van der Waals surface area contributed by atoms with Gasteiger partial charge in [-0.15, -0.1) is 0 Å². The fraction of sp³-hybridized carbons (Fsp3) is 0.105. The standard InChI is InChI=1S/C38H25Br2N3O4S/c39-31-17-22(18-32(40)36(31)47-21-26-11-5-9-23-7-1-3-13-28(23)26)19-33-37(44)42-35(25-10-6-12-27(20-25)43(45)46)30-16-15-24-8-2-4-14-29(24)34(30)41-38(42)48-33/h1-14,17-20,35H,15-16,21H2/b33-19-/t35-/m1/s1. The summed E-state index contributed by atoms with van der Waals surface area (Å²) in [6.45, 7) is 0.391. The van der Waals surface area contributed by atoms with Gasteiger partial charge in [-0.2, -0.15) is 0 Å². The molecule has 0 saturated heterocycles. The molecule has 0 bridgehead atoms. The van der Waals surface area contributed by atoms with Crippen LogP contribution in [0.2, 0.25) is 0 Å². The SMILES string of the molecule is O=c1/c(=C/c2cc(Br)c(OCc3cccc4ccccc34)c(Br)c2)sc2n1[C@H](c1cccc([N+](=O)[O-])c1)C1=C(N=2)c2ccccc2CC1. The van der Waals surface area contributed by atoms with Crippen LogP contribution in [-0.4, -0.2) is 9.49 Å². The van der Waals surface area contributed by atoms with Crippen molar-refractivity contribution in [2.24, 2.45) is 4.99 Å². The number of aromatic nitrogens is 1. The molecule has 6 aromatic rings. The Morgan fingerprint density at radius 1 is 0.938 bits per heavy atom. The molecule has 236 valence electrons. The zero-order chi connectivity index (χ0) is 32.9. The summed E-state index contributed by atoms with van der Waals surface area (Å²) in [4.78, 5) is 31.2. The van der Waals surface area contributed by atoms with Crippen LogP contribution in [0.25, 0.3) is 22.5 Å². The van der Waals surface area contributed by atoms with E-state index in [0.717, 1.165) is 54.1 Å². The number of allylic oxidation sites excluding steroid dienone is 1. The lowest BCUT2D eigenvalue weighted by Gasteiger charge is -2.30. The van der Waals surface area contributed by atoms with Crippen LogP contribution < -0.4 is 19.6 Å². The first kappa shape index (κ1) is 30.7. The number of benzene rings is 5. The lowest BCUT2D eigenvalue weighted by Crippen LogP contribution is -2.38. The highest BCUT2D eigenvalue weighted by Gasteiger charge is 2.33. The monoisotopic (exact) mass is 777 g/mol. The molecule has 0 amide bonds. The molecule has 8 rings (SSSR count). The van der Waals surface area contributed by atoms with Gasteiger partial charge in [0.2, 0.25) is 0 Å². The Morgan fingerprint density at radius 3 is 2.52 bits per heavy atom. The highest BCUT2D eigenvalue weighted by atomic mass is 79.9. The third kappa shape index (κ3) is 5.43. The summed E-state index contributed by atoms with van der Waals surface area (Å²) in [5.74, 6) is 0.665. The summed E-state index contributed by atoms with van der Waals surface area (Å²) in [6, 6.07) is 32.5. The quantitative estimate of drug-likeness (QED) is 0.125. The Balaban J connectivity index is 1.20. The number of hydrogen-bond acceptors (Lipinski definition) is 6. The van der Waals surface area contributed by atoms with Crippen molar-refractivity contribution in [2.45, 2.75) is 25.5 Å². The summed E-state index contributed by atoms with van der Waals surface area (Å²) >= 11 is 8.70. The molecule has 0 saturated carbocycles. The molecule has 1 aliphatic carbocycles. The number of nitro benzene ring substituents is 1. The molecule has 1 aromatic heterocycles. The van der Waals surface area contributed by atoms with Gasteiger partial charge in [0, 0.05) is 17.7 Å². The van der Waals surface area contributed by atoms with E-state index in [-0.39, 0.29) is 11.2 Å². The third-order valence-corrected chi connectivity index (χ3v) is 11.0. The molecule has 0 unspecified atom stereocenters. The van der Waals surface area contributed by atoms with Crippen molar-refractivity contribution < 1.29 is 9.66 Å². The number of hydrogen-bond donors (Lipinski definition) is 0. The number of ether oxygens (including phenoxy) is 1. The summed E-state index contributed by atoms with van der Waals surface area (Å²) in [6.07, 6.45) is 3.36. The molecule has 7 nitrogen and oxygen atoms in total. The Morgan fingerprint density at radius 2 is 1.69 bits per heavy atom. The highest BCUT2D eigenvalue weighted by Crippen LogP contribution is 2.42. The molecule has 0 spiro atoms. The molecule has 0 fully saturated rings. The minimum atomic E-state index is -0.505. The Kier molecular flexibility index (Phi) is 7.94. The molecule has 48 heavy (non-hydrogen) atoms. The van der Waals surface area contributed by atoms with Gasteiger partial charge in [-0.05, 0) is 102 Å². The zero-order valence-corrected chi connectivity index (χ0v) is 29.2. The second-order valence-electron chi connectivity index (χ2n) is 11.7. The van der Waals surface area contributed by atoms with Crippen molar-refractivity contribution in [1.29, 1.82) is 0 Å². The van der Waals surface area contributed by atoms with Crippen molar-refractivity contribution in [3.05, 3.63) is 175 Å². The van der Waals surface area contributed by atoms with Crippen LogP contribution in [0, 0.1) is 10.1 Å². The lowest BCUT2D eigenvalue weighted by molar-refractivity contribution is -0.384. The number of non-ortho nitro benzene ring substituents is 1. The Bertz CT molecular complexity index is 2490. The summed E-state index contributed by atoms with van der Waals surface area (Å²) < 4.78 is 10.0. The second kappa shape index (κ2) is 12.4. The first-order valence-corrected chi connectivity index (χ1v) is 17.7. The van der Waals surface area contributed by atoms with Gasteiger partial charge in [-0.25, -0.2) is 4.99 Å². The number of nitro groups is 1. The molecule has 2 heterocycles. The fourth-order valence-electron chi connectivity index (χ4n) is 6.65. The van der Waals surface area contributed by atoms with Gasteiger partial charge in [0.1, 0.15) is 12.4 Å². The molecule has 2 aliphatic rings. The molecule has 1 aliphatic heterocycles.